The third-order valence-electron chi connectivity index (χ3n) is 3.66. The van der Waals surface area contributed by atoms with Crippen molar-refractivity contribution in [2.45, 2.75) is 46.0 Å². The lowest BCUT2D eigenvalue weighted by Gasteiger charge is -2.20. The number of alkyl halides is 3. The van der Waals surface area contributed by atoms with Crippen LogP contribution in [0.5, 0.6) is 0 Å². The number of nitrogens with zero attached hydrogens (tertiary/aromatic N) is 1. The first-order valence-corrected chi connectivity index (χ1v) is 8.17. The van der Waals surface area contributed by atoms with E-state index in [1.54, 1.807) is 20.8 Å². The molecular weight excluding hydrogens is 368 g/mol. The van der Waals surface area contributed by atoms with Crippen molar-refractivity contribution < 1.29 is 31.9 Å². The lowest BCUT2D eigenvalue weighted by Crippen LogP contribution is -2.34. The maximum atomic E-state index is 13.8. The van der Waals surface area contributed by atoms with Gasteiger partial charge >= 0.3 is 12.3 Å². The molecule has 1 aromatic heterocycles. The SMILES string of the molecule is CC(=O)c1cc2cc(F)c(C(F)(F)F)cc2n1CCNC(=O)OC(C)(C)C. The van der Waals surface area contributed by atoms with Gasteiger partial charge in [0.05, 0.1) is 11.3 Å². The van der Waals surface area contributed by atoms with Gasteiger partial charge in [-0.05, 0) is 39.0 Å². The topological polar surface area (TPSA) is 60.3 Å². The number of amides is 1. The van der Waals surface area contributed by atoms with Gasteiger partial charge in [0.2, 0.25) is 0 Å². The van der Waals surface area contributed by atoms with Gasteiger partial charge < -0.3 is 14.6 Å². The van der Waals surface area contributed by atoms with Crippen LogP contribution < -0.4 is 5.32 Å². The second-order valence-electron chi connectivity index (χ2n) is 7.05. The second-order valence-corrected chi connectivity index (χ2v) is 7.05. The number of ether oxygens (including phenoxy) is 1. The molecule has 1 heterocycles. The van der Waals surface area contributed by atoms with Gasteiger partial charge in [0.15, 0.2) is 5.78 Å². The molecule has 1 amide bonds. The van der Waals surface area contributed by atoms with Crippen molar-refractivity contribution in [3.05, 3.63) is 35.3 Å². The number of ketones is 1. The predicted molar refractivity (Wildman–Crippen MR) is 91.1 cm³/mol. The zero-order chi connectivity index (χ0) is 20.6. The van der Waals surface area contributed by atoms with E-state index in [9.17, 15) is 27.2 Å². The highest BCUT2D eigenvalue weighted by molar-refractivity contribution is 5.98. The summed E-state index contributed by atoms with van der Waals surface area (Å²) in [5.41, 5.74) is -1.94. The van der Waals surface area contributed by atoms with E-state index in [2.05, 4.69) is 5.32 Å². The standard InChI is InChI=1S/C18H20F4N2O3/c1-10(25)14-8-11-7-13(19)12(18(20,21)22)9-15(11)24(14)6-5-23-16(26)27-17(2,3)4/h7-9H,5-6H2,1-4H3,(H,23,26). The number of alkyl carbamates (subject to hydrolysis) is 1. The summed E-state index contributed by atoms with van der Waals surface area (Å²) in [5.74, 6) is -1.80. The normalized spacial score (nSPS) is 12.3. The summed E-state index contributed by atoms with van der Waals surface area (Å²) in [6, 6.07) is 2.75. The molecule has 0 spiro atoms. The van der Waals surface area contributed by atoms with Crippen molar-refractivity contribution in [1.29, 1.82) is 0 Å². The van der Waals surface area contributed by atoms with E-state index in [-0.39, 0.29) is 29.7 Å². The molecule has 2 aromatic rings. The van der Waals surface area contributed by atoms with Crippen molar-refractivity contribution >= 4 is 22.8 Å². The summed E-state index contributed by atoms with van der Waals surface area (Å²) in [6.07, 6.45) is -5.55. The zero-order valence-electron chi connectivity index (χ0n) is 15.3. The fraction of sp³-hybridized carbons (Fsp3) is 0.444. The summed E-state index contributed by atoms with van der Waals surface area (Å²) in [5, 5.41) is 2.64. The van der Waals surface area contributed by atoms with Crippen LogP contribution in [0.3, 0.4) is 0 Å². The van der Waals surface area contributed by atoms with Crippen molar-refractivity contribution in [2.24, 2.45) is 0 Å². The van der Waals surface area contributed by atoms with Crippen LogP contribution in [0, 0.1) is 5.82 Å². The van der Waals surface area contributed by atoms with E-state index < -0.39 is 35.0 Å². The smallest absolute Gasteiger partial charge is 0.419 e. The van der Waals surface area contributed by atoms with Gasteiger partial charge in [-0.15, -0.1) is 0 Å². The van der Waals surface area contributed by atoms with E-state index in [1.807, 2.05) is 0 Å². The molecule has 0 saturated heterocycles. The van der Waals surface area contributed by atoms with Crippen LogP contribution in [0.1, 0.15) is 43.7 Å². The first-order valence-electron chi connectivity index (χ1n) is 8.17. The second kappa shape index (κ2) is 7.21. The molecule has 0 fully saturated rings. The fourth-order valence-electron chi connectivity index (χ4n) is 2.62. The van der Waals surface area contributed by atoms with E-state index in [1.165, 1.54) is 17.6 Å². The Bertz CT molecular complexity index is 879. The predicted octanol–water partition coefficient (Wildman–Crippen LogP) is 4.53. The average Bonchev–Trinajstić information content (AvgIpc) is 2.81. The summed E-state index contributed by atoms with van der Waals surface area (Å²) in [4.78, 5) is 23.5. The van der Waals surface area contributed by atoms with Crippen LogP contribution in [0.2, 0.25) is 0 Å². The van der Waals surface area contributed by atoms with Crippen LogP contribution in [0.15, 0.2) is 18.2 Å². The first-order chi connectivity index (χ1) is 12.3. The molecule has 0 saturated carbocycles. The van der Waals surface area contributed by atoms with Gasteiger partial charge in [0.25, 0.3) is 0 Å². The molecule has 9 heteroatoms. The van der Waals surface area contributed by atoms with Crippen molar-refractivity contribution in [1.82, 2.24) is 9.88 Å². The maximum Gasteiger partial charge on any atom is 0.419 e. The van der Waals surface area contributed by atoms with Gasteiger partial charge in [-0.1, -0.05) is 0 Å². The first kappa shape index (κ1) is 20.7. The van der Waals surface area contributed by atoms with Crippen molar-refractivity contribution in [3.8, 4) is 0 Å². The lowest BCUT2D eigenvalue weighted by atomic mass is 10.1. The number of nitrogens with one attached hydrogen (secondary N) is 1. The molecule has 2 rings (SSSR count). The third kappa shape index (κ3) is 4.99. The Morgan fingerprint density at radius 1 is 1.15 bits per heavy atom. The van der Waals surface area contributed by atoms with Crippen LogP contribution in [-0.4, -0.2) is 28.6 Å². The molecule has 148 valence electrons. The molecule has 0 bridgehead atoms. The number of benzene rings is 1. The minimum Gasteiger partial charge on any atom is -0.444 e. The number of rotatable bonds is 4. The van der Waals surface area contributed by atoms with Gasteiger partial charge in [-0.3, -0.25) is 4.79 Å². The highest BCUT2D eigenvalue weighted by atomic mass is 19.4. The van der Waals surface area contributed by atoms with E-state index in [4.69, 9.17) is 4.74 Å². The Balaban J connectivity index is 2.34. The molecular formula is C18H20F4N2O3. The Hall–Kier alpha value is -2.58. The molecule has 0 aliphatic rings. The summed E-state index contributed by atoms with van der Waals surface area (Å²) in [6.45, 7) is 6.35. The number of hydrogen-bond acceptors (Lipinski definition) is 3. The molecule has 0 aliphatic carbocycles. The molecule has 0 radical (unpaired) electrons. The Labute approximate surface area is 153 Å². The quantitative estimate of drug-likeness (QED) is 0.619. The van der Waals surface area contributed by atoms with E-state index in [0.717, 1.165) is 6.07 Å². The van der Waals surface area contributed by atoms with Crippen LogP contribution in [0.4, 0.5) is 22.4 Å². The number of Topliss-reactive ketones (excluding diaryl/α,β-unsaturated/α-hetero) is 1. The summed E-state index contributed by atoms with van der Waals surface area (Å²) in [7, 11) is 0. The minimum atomic E-state index is -4.86. The van der Waals surface area contributed by atoms with Crippen molar-refractivity contribution in [3.63, 3.8) is 0 Å². The van der Waals surface area contributed by atoms with Crippen LogP contribution in [0.25, 0.3) is 10.9 Å². The molecule has 1 N–H and O–H groups in total. The van der Waals surface area contributed by atoms with Crippen molar-refractivity contribution in [2.75, 3.05) is 6.54 Å². The number of carbonyl (C=O) groups excluding carboxylic acids is 2. The summed E-state index contributed by atoms with van der Waals surface area (Å²) >= 11 is 0. The monoisotopic (exact) mass is 388 g/mol. The van der Waals surface area contributed by atoms with E-state index >= 15 is 0 Å². The van der Waals surface area contributed by atoms with Gasteiger partial charge in [0.1, 0.15) is 11.4 Å². The number of fused-ring (bicyclic) bond motifs is 1. The number of halogens is 4. The number of carbonyl (C=O) groups is 2. The number of hydrogen-bond donors (Lipinski definition) is 1. The highest BCUT2D eigenvalue weighted by Crippen LogP contribution is 2.34. The van der Waals surface area contributed by atoms with Crippen LogP contribution >= 0.6 is 0 Å². The Kier molecular flexibility index (Phi) is 5.53. The van der Waals surface area contributed by atoms with E-state index in [0.29, 0.717) is 6.07 Å². The van der Waals surface area contributed by atoms with Gasteiger partial charge in [0, 0.05) is 30.9 Å². The largest absolute Gasteiger partial charge is 0.444 e. The molecule has 1 aromatic carbocycles. The average molecular weight is 388 g/mol. The van der Waals surface area contributed by atoms with Gasteiger partial charge in [-0.25, -0.2) is 9.18 Å². The minimum absolute atomic E-state index is 0.0116. The van der Waals surface area contributed by atoms with Crippen LogP contribution in [-0.2, 0) is 17.5 Å². The fourth-order valence-corrected chi connectivity index (χ4v) is 2.62. The third-order valence-corrected chi connectivity index (χ3v) is 3.66. The maximum absolute atomic E-state index is 13.8. The van der Waals surface area contributed by atoms with Gasteiger partial charge in [-0.2, -0.15) is 13.2 Å². The number of aromatic nitrogens is 1. The zero-order valence-corrected chi connectivity index (χ0v) is 15.3. The molecule has 0 aliphatic heterocycles. The molecule has 5 nitrogen and oxygen atoms in total. The Morgan fingerprint density at radius 2 is 1.78 bits per heavy atom. The summed E-state index contributed by atoms with van der Waals surface area (Å²) < 4.78 is 59.2. The molecule has 0 atom stereocenters. The molecule has 27 heavy (non-hydrogen) atoms. The molecule has 0 unspecified atom stereocenters. The lowest BCUT2D eigenvalue weighted by molar-refractivity contribution is -0.139. The highest BCUT2D eigenvalue weighted by Gasteiger charge is 2.35. The Morgan fingerprint density at radius 3 is 2.30 bits per heavy atom.